The molecule has 2 aromatic rings. The molecule has 0 aromatic heterocycles. The SMILES string of the molecule is CCN(CC)C(CNC(=O)C(NC(=O)c1ccccc1OC)C(C)C)Cc1ccccc1. The first-order valence-electron chi connectivity index (χ1n) is 11.4. The van der Waals surface area contributed by atoms with Gasteiger partial charge in [0, 0.05) is 12.6 Å². The zero-order valence-corrected chi connectivity index (χ0v) is 19.9. The Morgan fingerprint density at radius 1 is 0.969 bits per heavy atom. The summed E-state index contributed by atoms with van der Waals surface area (Å²) in [5.41, 5.74) is 1.65. The third-order valence-electron chi connectivity index (χ3n) is 5.74. The second-order valence-electron chi connectivity index (χ2n) is 8.21. The molecule has 0 saturated heterocycles. The van der Waals surface area contributed by atoms with Crippen LogP contribution in [0.5, 0.6) is 5.75 Å². The molecule has 6 heteroatoms. The molecule has 2 amide bonds. The van der Waals surface area contributed by atoms with Gasteiger partial charge < -0.3 is 15.4 Å². The van der Waals surface area contributed by atoms with E-state index in [4.69, 9.17) is 4.74 Å². The number of rotatable bonds is 12. The lowest BCUT2D eigenvalue weighted by Gasteiger charge is -2.31. The number of nitrogens with zero attached hydrogens (tertiary/aromatic N) is 1. The van der Waals surface area contributed by atoms with Crippen LogP contribution in [-0.2, 0) is 11.2 Å². The van der Waals surface area contributed by atoms with Crippen LogP contribution in [0.2, 0.25) is 0 Å². The van der Waals surface area contributed by atoms with Crippen molar-refractivity contribution in [3.8, 4) is 5.75 Å². The van der Waals surface area contributed by atoms with E-state index in [2.05, 4.69) is 41.5 Å². The second kappa shape index (κ2) is 12.9. The van der Waals surface area contributed by atoms with Crippen molar-refractivity contribution < 1.29 is 14.3 Å². The van der Waals surface area contributed by atoms with E-state index >= 15 is 0 Å². The summed E-state index contributed by atoms with van der Waals surface area (Å²) < 4.78 is 5.29. The fraction of sp³-hybridized carbons (Fsp3) is 0.462. The molecule has 2 rings (SSSR count). The van der Waals surface area contributed by atoms with Gasteiger partial charge in [-0.3, -0.25) is 14.5 Å². The molecule has 2 atom stereocenters. The number of carbonyl (C=O) groups excluding carboxylic acids is 2. The number of hydrogen-bond donors (Lipinski definition) is 2. The van der Waals surface area contributed by atoms with E-state index in [1.807, 2.05) is 38.1 Å². The van der Waals surface area contributed by atoms with Crippen LogP contribution in [0.15, 0.2) is 54.6 Å². The average Bonchev–Trinajstić information content (AvgIpc) is 2.81. The molecule has 2 aromatic carbocycles. The van der Waals surface area contributed by atoms with Gasteiger partial charge in [-0.25, -0.2) is 0 Å². The van der Waals surface area contributed by atoms with Crippen LogP contribution < -0.4 is 15.4 Å². The van der Waals surface area contributed by atoms with Gasteiger partial charge in [-0.1, -0.05) is 70.2 Å². The number of nitrogens with one attached hydrogen (secondary N) is 2. The average molecular weight is 440 g/mol. The summed E-state index contributed by atoms with van der Waals surface area (Å²) in [6.07, 6.45) is 0.850. The summed E-state index contributed by atoms with van der Waals surface area (Å²) in [5.74, 6) is -0.0681. The highest BCUT2D eigenvalue weighted by Crippen LogP contribution is 2.18. The van der Waals surface area contributed by atoms with E-state index in [1.165, 1.54) is 12.7 Å². The lowest BCUT2D eigenvalue weighted by molar-refractivity contribution is -0.124. The molecule has 174 valence electrons. The second-order valence-corrected chi connectivity index (χ2v) is 8.21. The largest absolute Gasteiger partial charge is 0.496 e. The highest BCUT2D eigenvalue weighted by Gasteiger charge is 2.27. The number of likely N-dealkylation sites (N-methyl/N-ethyl adjacent to an activating group) is 1. The highest BCUT2D eigenvalue weighted by atomic mass is 16.5. The Bertz CT molecular complexity index is 850. The first-order valence-corrected chi connectivity index (χ1v) is 11.4. The minimum absolute atomic E-state index is 0.0605. The van der Waals surface area contributed by atoms with Gasteiger partial charge in [0.1, 0.15) is 11.8 Å². The van der Waals surface area contributed by atoms with Crippen LogP contribution in [0.25, 0.3) is 0 Å². The van der Waals surface area contributed by atoms with Crippen molar-refractivity contribution in [2.24, 2.45) is 5.92 Å². The Labute approximate surface area is 192 Å². The summed E-state index contributed by atoms with van der Waals surface area (Å²) >= 11 is 0. The third kappa shape index (κ3) is 7.09. The number of amides is 2. The monoisotopic (exact) mass is 439 g/mol. The number of para-hydroxylation sites is 1. The summed E-state index contributed by atoms with van der Waals surface area (Å²) in [6.45, 7) is 10.5. The zero-order valence-electron chi connectivity index (χ0n) is 19.9. The Balaban J connectivity index is 2.08. The van der Waals surface area contributed by atoms with E-state index in [0.29, 0.717) is 17.9 Å². The van der Waals surface area contributed by atoms with E-state index in [9.17, 15) is 9.59 Å². The summed E-state index contributed by atoms with van der Waals surface area (Å²) in [6, 6.07) is 16.9. The maximum absolute atomic E-state index is 13.1. The van der Waals surface area contributed by atoms with Gasteiger partial charge in [0.15, 0.2) is 0 Å². The van der Waals surface area contributed by atoms with Crippen molar-refractivity contribution in [1.82, 2.24) is 15.5 Å². The van der Waals surface area contributed by atoms with E-state index in [1.54, 1.807) is 18.2 Å². The fourth-order valence-electron chi connectivity index (χ4n) is 3.87. The molecule has 2 unspecified atom stereocenters. The lowest BCUT2D eigenvalue weighted by atomic mass is 10.0. The van der Waals surface area contributed by atoms with E-state index < -0.39 is 6.04 Å². The van der Waals surface area contributed by atoms with Crippen LogP contribution in [0.4, 0.5) is 0 Å². The molecule has 6 nitrogen and oxygen atoms in total. The molecule has 0 aliphatic heterocycles. The molecule has 2 N–H and O–H groups in total. The summed E-state index contributed by atoms with van der Waals surface area (Å²) in [5, 5.41) is 5.99. The maximum Gasteiger partial charge on any atom is 0.255 e. The predicted molar refractivity (Wildman–Crippen MR) is 129 cm³/mol. The molecule has 0 aliphatic rings. The third-order valence-corrected chi connectivity index (χ3v) is 5.74. The number of methoxy groups -OCH3 is 1. The quantitative estimate of drug-likeness (QED) is 0.531. The van der Waals surface area contributed by atoms with Gasteiger partial charge in [-0.2, -0.15) is 0 Å². The lowest BCUT2D eigenvalue weighted by Crippen LogP contribution is -2.53. The van der Waals surface area contributed by atoms with Crippen LogP contribution >= 0.6 is 0 Å². The molecule has 0 radical (unpaired) electrons. The van der Waals surface area contributed by atoms with Gasteiger partial charge in [0.2, 0.25) is 5.91 Å². The van der Waals surface area contributed by atoms with Crippen molar-refractivity contribution in [2.75, 3.05) is 26.7 Å². The van der Waals surface area contributed by atoms with Crippen LogP contribution in [0.3, 0.4) is 0 Å². The van der Waals surface area contributed by atoms with Crippen molar-refractivity contribution >= 4 is 11.8 Å². The van der Waals surface area contributed by atoms with Crippen molar-refractivity contribution in [1.29, 1.82) is 0 Å². The van der Waals surface area contributed by atoms with Crippen LogP contribution in [-0.4, -0.2) is 55.5 Å². The smallest absolute Gasteiger partial charge is 0.255 e. The van der Waals surface area contributed by atoms with Crippen molar-refractivity contribution in [3.05, 3.63) is 65.7 Å². The molecule has 0 spiro atoms. The molecule has 32 heavy (non-hydrogen) atoms. The Morgan fingerprint density at radius 2 is 1.59 bits per heavy atom. The van der Waals surface area contributed by atoms with Crippen molar-refractivity contribution in [3.63, 3.8) is 0 Å². The number of ether oxygens (including phenoxy) is 1. The van der Waals surface area contributed by atoms with Crippen LogP contribution in [0.1, 0.15) is 43.6 Å². The van der Waals surface area contributed by atoms with E-state index in [0.717, 1.165) is 19.5 Å². The number of carbonyl (C=O) groups is 2. The molecule has 0 bridgehead atoms. The molecule has 0 fully saturated rings. The molecule has 0 saturated carbocycles. The molecular weight excluding hydrogens is 402 g/mol. The first-order chi connectivity index (χ1) is 15.4. The summed E-state index contributed by atoms with van der Waals surface area (Å²) in [4.78, 5) is 28.3. The Hall–Kier alpha value is -2.86. The molecule has 0 heterocycles. The van der Waals surface area contributed by atoms with Crippen molar-refractivity contribution in [2.45, 2.75) is 46.2 Å². The zero-order chi connectivity index (χ0) is 23.5. The number of hydrogen-bond acceptors (Lipinski definition) is 4. The van der Waals surface area contributed by atoms with Gasteiger partial charge in [-0.15, -0.1) is 0 Å². The van der Waals surface area contributed by atoms with Crippen LogP contribution in [0, 0.1) is 5.92 Å². The molecular formula is C26H37N3O3. The molecule has 0 aliphatic carbocycles. The highest BCUT2D eigenvalue weighted by molar-refractivity contribution is 5.99. The maximum atomic E-state index is 13.1. The minimum atomic E-state index is -0.638. The first kappa shape index (κ1) is 25.4. The predicted octanol–water partition coefficient (Wildman–Crippen LogP) is 3.52. The standard InChI is InChI=1S/C26H37N3O3/c1-6-29(7-2)21(17-20-13-9-8-10-14-20)18-27-26(31)24(19(3)4)28-25(30)22-15-11-12-16-23(22)32-5/h8-16,19,21,24H,6-7,17-18H2,1-5H3,(H,27,31)(H,28,30). The van der Waals surface area contributed by atoms with Gasteiger partial charge in [-0.05, 0) is 43.1 Å². The minimum Gasteiger partial charge on any atom is -0.496 e. The van der Waals surface area contributed by atoms with Gasteiger partial charge in [0.25, 0.3) is 5.91 Å². The Morgan fingerprint density at radius 3 is 2.19 bits per heavy atom. The topological polar surface area (TPSA) is 70.7 Å². The van der Waals surface area contributed by atoms with Gasteiger partial charge in [0.05, 0.1) is 12.7 Å². The fourth-order valence-corrected chi connectivity index (χ4v) is 3.87. The normalized spacial score (nSPS) is 13.0. The van der Waals surface area contributed by atoms with Gasteiger partial charge >= 0.3 is 0 Å². The number of benzene rings is 2. The van der Waals surface area contributed by atoms with E-state index in [-0.39, 0.29) is 23.8 Å². The Kier molecular flexibility index (Phi) is 10.2. The summed E-state index contributed by atoms with van der Waals surface area (Å²) in [7, 11) is 1.53.